The first-order chi connectivity index (χ1) is 8.63. The molecule has 0 aromatic carbocycles. The molecule has 0 saturated carbocycles. The molecule has 2 heterocycles. The largest absolute Gasteiger partial charge is 0.378 e. The van der Waals surface area contributed by atoms with Crippen LogP contribution in [0, 0.1) is 19.8 Å². The Morgan fingerprint density at radius 2 is 2.22 bits per heavy atom. The first-order valence-corrected chi connectivity index (χ1v) is 7.11. The van der Waals surface area contributed by atoms with Gasteiger partial charge in [0, 0.05) is 37.6 Å². The molecule has 0 amide bonds. The van der Waals surface area contributed by atoms with Gasteiger partial charge < -0.3 is 14.6 Å². The third-order valence-electron chi connectivity index (χ3n) is 4.25. The van der Waals surface area contributed by atoms with Gasteiger partial charge in [0.25, 0.3) is 0 Å². The molecule has 18 heavy (non-hydrogen) atoms. The van der Waals surface area contributed by atoms with Crippen molar-refractivity contribution in [3.05, 3.63) is 23.0 Å². The van der Waals surface area contributed by atoms with Crippen LogP contribution >= 0.6 is 0 Å². The third kappa shape index (κ3) is 2.78. The van der Waals surface area contributed by atoms with E-state index >= 15 is 0 Å². The molecule has 2 atom stereocenters. The fourth-order valence-corrected chi connectivity index (χ4v) is 2.97. The minimum atomic E-state index is 0.417. The quantitative estimate of drug-likeness (QED) is 0.869. The molecule has 2 unspecified atom stereocenters. The van der Waals surface area contributed by atoms with Gasteiger partial charge in [-0.3, -0.25) is 0 Å². The van der Waals surface area contributed by atoms with E-state index in [9.17, 15) is 0 Å². The Balaban J connectivity index is 1.86. The molecule has 1 aromatic heterocycles. The lowest BCUT2D eigenvalue weighted by molar-refractivity contribution is 0.105. The Hall–Kier alpha value is -0.800. The lowest BCUT2D eigenvalue weighted by atomic mass is 10.0. The van der Waals surface area contributed by atoms with Crippen molar-refractivity contribution in [2.24, 2.45) is 5.92 Å². The van der Waals surface area contributed by atoms with Crippen LogP contribution in [0.15, 0.2) is 6.07 Å². The van der Waals surface area contributed by atoms with Gasteiger partial charge in [-0.15, -0.1) is 0 Å². The van der Waals surface area contributed by atoms with Crippen molar-refractivity contribution in [1.29, 1.82) is 0 Å². The van der Waals surface area contributed by atoms with E-state index in [2.05, 4.69) is 43.6 Å². The molecule has 0 bridgehead atoms. The van der Waals surface area contributed by atoms with E-state index in [0.29, 0.717) is 12.0 Å². The Bertz CT molecular complexity index is 397. The normalized spacial score (nSPS) is 23.8. The highest BCUT2D eigenvalue weighted by molar-refractivity contribution is 5.26. The Kier molecular flexibility index (Phi) is 4.46. The van der Waals surface area contributed by atoms with E-state index in [0.717, 1.165) is 26.2 Å². The summed E-state index contributed by atoms with van der Waals surface area (Å²) in [5, 5.41) is 3.59. The predicted octanol–water partition coefficient (Wildman–Crippen LogP) is 2.64. The summed E-state index contributed by atoms with van der Waals surface area (Å²) in [5.74, 6) is 0.680. The fourth-order valence-electron chi connectivity index (χ4n) is 2.97. The molecule has 2 rings (SSSR count). The molecular formula is C15H26N2O. The molecule has 0 spiro atoms. The van der Waals surface area contributed by atoms with Crippen molar-refractivity contribution in [1.82, 2.24) is 9.88 Å². The molecular weight excluding hydrogens is 224 g/mol. The second kappa shape index (κ2) is 5.89. The van der Waals surface area contributed by atoms with Gasteiger partial charge in [-0.25, -0.2) is 0 Å². The van der Waals surface area contributed by atoms with Crippen molar-refractivity contribution >= 4 is 0 Å². The van der Waals surface area contributed by atoms with Gasteiger partial charge in [0.2, 0.25) is 0 Å². The van der Waals surface area contributed by atoms with E-state index < -0.39 is 0 Å². The van der Waals surface area contributed by atoms with Crippen molar-refractivity contribution in [3.8, 4) is 0 Å². The van der Waals surface area contributed by atoms with Gasteiger partial charge in [-0.2, -0.15) is 0 Å². The highest BCUT2D eigenvalue weighted by atomic mass is 16.5. The minimum Gasteiger partial charge on any atom is -0.378 e. The zero-order valence-corrected chi connectivity index (χ0v) is 12.1. The van der Waals surface area contributed by atoms with Crippen LogP contribution in [-0.4, -0.2) is 23.8 Å². The Morgan fingerprint density at radius 3 is 2.78 bits per heavy atom. The molecule has 0 aliphatic carbocycles. The van der Waals surface area contributed by atoms with Gasteiger partial charge >= 0.3 is 0 Å². The van der Waals surface area contributed by atoms with E-state index in [4.69, 9.17) is 4.74 Å². The minimum absolute atomic E-state index is 0.417. The summed E-state index contributed by atoms with van der Waals surface area (Å²) >= 11 is 0. The summed E-state index contributed by atoms with van der Waals surface area (Å²) in [6.07, 6.45) is 1.61. The summed E-state index contributed by atoms with van der Waals surface area (Å²) in [7, 11) is 0. The van der Waals surface area contributed by atoms with Gasteiger partial charge in [-0.05, 0) is 51.7 Å². The van der Waals surface area contributed by atoms with Crippen LogP contribution in [0.25, 0.3) is 0 Å². The molecule has 1 aliphatic heterocycles. The molecule has 1 N–H and O–H groups in total. The highest BCUT2D eigenvalue weighted by Crippen LogP contribution is 2.20. The first-order valence-electron chi connectivity index (χ1n) is 7.11. The number of hydrogen-bond acceptors (Lipinski definition) is 2. The first kappa shape index (κ1) is 13.6. The second-order valence-corrected chi connectivity index (χ2v) is 5.40. The van der Waals surface area contributed by atoms with E-state index in [1.165, 1.54) is 23.4 Å². The standard InChI is InChI=1S/C15H26N2O/c1-5-17-11(2)8-15(12(17)3)10-16-9-14-6-7-18-13(14)4/h8,13-14,16H,5-7,9-10H2,1-4H3. The molecule has 1 saturated heterocycles. The summed E-state index contributed by atoms with van der Waals surface area (Å²) in [6, 6.07) is 2.31. The zero-order valence-electron chi connectivity index (χ0n) is 12.1. The molecule has 1 fully saturated rings. The number of hydrogen-bond donors (Lipinski definition) is 1. The lowest BCUT2D eigenvalue weighted by Crippen LogP contribution is -2.26. The zero-order chi connectivity index (χ0) is 13.1. The van der Waals surface area contributed by atoms with Crippen LogP contribution < -0.4 is 5.32 Å². The number of rotatable bonds is 5. The topological polar surface area (TPSA) is 26.2 Å². The third-order valence-corrected chi connectivity index (χ3v) is 4.25. The van der Waals surface area contributed by atoms with Crippen LogP contribution in [0.3, 0.4) is 0 Å². The highest BCUT2D eigenvalue weighted by Gasteiger charge is 2.23. The molecule has 1 aliphatic rings. The van der Waals surface area contributed by atoms with Crippen molar-refractivity contribution in [2.45, 2.75) is 53.3 Å². The molecule has 1 aromatic rings. The monoisotopic (exact) mass is 250 g/mol. The van der Waals surface area contributed by atoms with Crippen molar-refractivity contribution in [2.75, 3.05) is 13.2 Å². The van der Waals surface area contributed by atoms with Crippen LogP contribution in [0.4, 0.5) is 0 Å². The van der Waals surface area contributed by atoms with Gasteiger partial charge in [0.1, 0.15) is 0 Å². The van der Waals surface area contributed by atoms with E-state index in [-0.39, 0.29) is 0 Å². The van der Waals surface area contributed by atoms with E-state index in [1.54, 1.807) is 0 Å². The average Bonchev–Trinajstić information content (AvgIpc) is 2.85. The Labute approximate surface area is 111 Å². The molecule has 3 heteroatoms. The Morgan fingerprint density at radius 1 is 1.44 bits per heavy atom. The van der Waals surface area contributed by atoms with Crippen LogP contribution in [0.5, 0.6) is 0 Å². The van der Waals surface area contributed by atoms with Crippen LogP contribution in [0.2, 0.25) is 0 Å². The fraction of sp³-hybridized carbons (Fsp3) is 0.733. The number of aromatic nitrogens is 1. The number of ether oxygens (including phenoxy) is 1. The van der Waals surface area contributed by atoms with Crippen LogP contribution in [-0.2, 0) is 17.8 Å². The van der Waals surface area contributed by atoms with Gasteiger partial charge in [-0.1, -0.05) is 0 Å². The summed E-state index contributed by atoms with van der Waals surface area (Å²) < 4.78 is 7.96. The van der Waals surface area contributed by atoms with Crippen LogP contribution in [0.1, 0.15) is 37.2 Å². The second-order valence-electron chi connectivity index (χ2n) is 5.40. The van der Waals surface area contributed by atoms with Crippen molar-refractivity contribution in [3.63, 3.8) is 0 Å². The van der Waals surface area contributed by atoms with Gasteiger partial charge in [0.05, 0.1) is 6.10 Å². The van der Waals surface area contributed by atoms with Gasteiger partial charge in [0.15, 0.2) is 0 Å². The number of aryl methyl sites for hydroxylation is 1. The van der Waals surface area contributed by atoms with E-state index in [1.807, 2.05) is 0 Å². The average molecular weight is 250 g/mol. The number of nitrogens with zero attached hydrogens (tertiary/aromatic N) is 1. The summed E-state index contributed by atoms with van der Waals surface area (Å²) in [4.78, 5) is 0. The maximum absolute atomic E-state index is 5.59. The summed E-state index contributed by atoms with van der Waals surface area (Å²) in [5.41, 5.74) is 4.20. The predicted molar refractivity (Wildman–Crippen MR) is 74.8 cm³/mol. The smallest absolute Gasteiger partial charge is 0.0588 e. The maximum atomic E-state index is 5.59. The van der Waals surface area contributed by atoms with Crippen molar-refractivity contribution < 1.29 is 4.74 Å². The molecule has 0 radical (unpaired) electrons. The lowest BCUT2D eigenvalue weighted by Gasteiger charge is -2.14. The summed E-state index contributed by atoms with van der Waals surface area (Å²) in [6.45, 7) is 12.8. The molecule has 3 nitrogen and oxygen atoms in total. The number of nitrogens with one attached hydrogen (secondary N) is 1. The SMILES string of the molecule is CCn1c(C)cc(CNCC2CCOC2C)c1C. The maximum Gasteiger partial charge on any atom is 0.0588 e. The molecule has 102 valence electrons.